The Morgan fingerprint density at radius 1 is 1.19 bits per heavy atom. The van der Waals surface area contributed by atoms with Gasteiger partial charge in [0.15, 0.2) is 11.3 Å². The summed E-state index contributed by atoms with van der Waals surface area (Å²) in [6.45, 7) is 4.24. The number of piperidine rings is 1. The first-order valence-electron chi connectivity index (χ1n) is 9.86. The van der Waals surface area contributed by atoms with Crippen molar-refractivity contribution in [1.29, 1.82) is 0 Å². The average Bonchev–Trinajstić information content (AvgIpc) is 3.21. The number of amides is 3. The molecule has 2 atom stereocenters. The van der Waals surface area contributed by atoms with Crippen LogP contribution in [-0.2, 0) is 0 Å². The van der Waals surface area contributed by atoms with E-state index in [1.54, 1.807) is 18.5 Å². The fraction of sp³-hybridized carbons (Fsp3) is 0.550. The molecule has 4 heterocycles. The Morgan fingerprint density at radius 3 is 2.70 bits per heavy atom. The SMILES string of the molecule is O=C(NCCC1C2CN(C(=O)N3CCCC3)CC12)c1cc2ccncc2o1. The summed E-state index contributed by atoms with van der Waals surface area (Å²) in [5.41, 5.74) is 0.627. The van der Waals surface area contributed by atoms with Gasteiger partial charge in [-0.1, -0.05) is 0 Å². The summed E-state index contributed by atoms with van der Waals surface area (Å²) in [6.07, 6.45) is 6.54. The first-order chi connectivity index (χ1) is 13.2. The number of aromatic nitrogens is 1. The minimum atomic E-state index is -0.178. The van der Waals surface area contributed by atoms with E-state index in [4.69, 9.17) is 4.42 Å². The van der Waals surface area contributed by atoms with Crippen molar-refractivity contribution in [3.8, 4) is 0 Å². The summed E-state index contributed by atoms with van der Waals surface area (Å²) in [4.78, 5) is 32.7. The predicted octanol–water partition coefficient (Wildman–Crippen LogP) is 2.34. The van der Waals surface area contributed by atoms with Gasteiger partial charge >= 0.3 is 6.03 Å². The summed E-state index contributed by atoms with van der Waals surface area (Å²) in [7, 11) is 0. The van der Waals surface area contributed by atoms with Crippen molar-refractivity contribution in [2.45, 2.75) is 19.3 Å². The maximum absolute atomic E-state index is 12.4. The molecule has 0 spiro atoms. The van der Waals surface area contributed by atoms with Crippen molar-refractivity contribution < 1.29 is 14.0 Å². The molecule has 7 nitrogen and oxygen atoms in total. The van der Waals surface area contributed by atoms with E-state index in [0.717, 1.165) is 50.8 Å². The Bertz CT molecular complexity index is 828. The number of hydrogen-bond acceptors (Lipinski definition) is 4. The molecule has 0 radical (unpaired) electrons. The van der Waals surface area contributed by atoms with Gasteiger partial charge in [-0.3, -0.25) is 9.78 Å². The van der Waals surface area contributed by atoms with Crippen molar-refractivity contribution >= 4 is 22.9 Å². The highest BCUT2D eigenvalue weighted by Gasteiger charge is 2.56. The third kappa shape index (κ3) is 3.05. The molecule has 0 aromatic carbocycles. The molecule has 3 amide bonds. The van der Waals surface area contributed by atoms with E-state index < -0.39 is 0 Å². The number of carbonyl (C=O) groups excluding carboxylic acids is 2. The number of nitrogens with one attached hydrogen (secondary N) is 1. The standard InChI is InChI=1S/C20H24N4O3/c25-19(17-9-13-3-5-21-10-18(13)27-17)22-6-4-14-15-11-24(12-16(14)15)20(26)23-7-1-2-8-23/h3,5,9-10,14-16H,1-2,4,6-8,11-12H2,(H,22,25). The number of carbonyl (C=O) groups is 2. The number of fused-ring (bicyclic) bond motifs is 2. The zero-order chi connectivity index (χ0) is 18.4. The van der Waals surface area contributed by atoms with Crippen LogP contribution in [0.3, 0.4) is 0 Å². The molecule has 3 fully saturated rings. The molecule has 2 aromatic heterocycles. The summed E-state index contributed by atoms with van der Waals surface area (Å²) in [5.74, 6) is 2.02. The molecule has 0 bridgehead atoms. The van der Waals surface area contributed by atoms with Crippen molar-refractivity contribution in [2.75, 3.05) is 32.7 Å². The van der Waals surface area contributed by atoms with E-state index in [0.29, 0.717) is 35.6 Å². The molecule has 2 saturated heterocycles. The summed E-state index contributed by atoms with van der Waals surface area (Å²) in [6, 6.07) is 3.81. The number of furan rings is 1. The molecule has 7 heteroatoms. The van der Waals surface area contributed by atoms with Gasteiger partial charge in [0.2, 0.25) is 0 Å². The van der Waals surface area contributed by atoms with Gasteiger partial charge in [0.05, 0.1) is 6.20 Å². The van der Waals surface area contributed by atoms with E-state index in [9.17, 15) is 9.59 Å². The lowest BCUT2D eigenvalue weighted by atomic mass is 10.2. The first kappa shape index (κ1) is 16.6. The van der Waals surface area contributed by atoms with Gasteiger partial charge in [-0.05, 0) is 49.1 Å². The third-order valence-electron chi connectivity index (χ3n) is 6.33. The van der Waals surface area contributed by atoms with Crippen LogP contribution in [0.25, 0.3) is 11.0 Å². The molecule has 27 heavy (non-hydrogen) atoms. The lowest BCUT2D eigenvalue weighted by Crippen LogP contribution is -2.42. The number of nitrogens with zero attached hydrogens (tertiary/aromatic N) is 3. The second-order valence-corrected chi connectivity index (χ2v) is 7.94. The second kappa shape index (κ2) is 6.55. The Balaban J connectivity index is 1.07. The molecule has 2 unspecified atom stereocenters. The van der Waals surface area contributed by atoms with E-state index in [1.807, 2.05) is 15.9 Å². The highest BCUT2D eigenvalue weighted by Crippen LogP contribution is 2.53. The lowest BCUT2D eigenvalue weighted by Gasteiger charge is -2.26. The molecule has 5 rings (SSSR count). The number of rotatable bonds is 4. The van der Waals surface area contributed by atoms with Crippen LogP contribution in [0.15, 0.2) is 28.9 Å². The summed E-state index contributed by atoms with van der Waals surface area (Å²) >= 11 is 0. The van der Waals surface area contributed by atoms with Crippen molar-refractivity contribution in [3.05, 3.63) is 30.3 Å². The quantitative estimate of drug-likeness (QED) is 0.898. The lowest BCUT2D eigenvalue weighted by molar-refractivity contribution is 0.0926. The van der Waals surface area contributed by atoms with Gasteiger partial charge in [0, 0.05) is 44.3 Å². The van der Waals surface area contributed by atoms with E-state index in [-0.39, 0.29) is 11.9 Å². The zero-order valence-corrected chi connectivity index (χ0v) is 15.3. The van der Waals surface area contributed by atoms with Crippen molar-refractivity contribution in [2.24, 2.45) is 17.8 Å². The van der Waals surface area contributed by atoms with Crippen molar-refractivity contribution in [1.82, 2.24) is 20.1 Å². The molecular formula is C20H24N4O3. The van der Waals surface area contributed by atoms with Gasteiger partial charge in [0.25, 0.3) is 5.91 Å². The normalized spacial score (nSPS) is 26.4. The van der Waals surface area contributed by atoms with E-state index >= 15 is 0 Å². The molecule has 2 aromatic rings. The molecule has 142 valence electrons. The third-order valence-corrected chi connectivity index (χ3v) is 6.33. The minimum absolute atomic E-state index is 0.178. The van der Waals surface area contributed by atoms with Crippen LogP contribution >= 0.6 is 0 Å². The van der Waals surface area contributed by atoms with E-state index in [1.165, 1.54) is 0 Å². The average molecular weight is 368 g/mol. The van der Waals surface area contributed by atoms with Crippen LogP contribution in [0.4, 0.5) is 4.79 Å². The number of likely N-dealkylation sites (tertiary alicyclic amines) is 2. The fourth-order valence-electron chi connectivity index (χ4n) is 4.78. The number of pyridine rings is 1. The van der Waals surface area contributed by atoms with Crippen LogP contribution < -0.4 is 5.32 Å². The van der Waals surface area contributed by atoms with Gasteiger partial charge < -0.3 is 19.5 Å². The molecular weight excluding hydrogens is 344 g/mol. The monoisotopic (exact) mass is 368 g/mol. The molecule has 1 aliphatic carbocycles. The maximum atomic E-state index is 12.4. The molecule has 1 N–H and O–H groups in total. The van der Waals surface area contributed by atoms with Gasteiger partial charge in [-0.2, -0.15) is 0 Å². The number of hydrogen-bond donors (Lipinski definition) is 1. The summed E-state index contributed by atoms with van der Waals surface area (Å²) < 4.78 is 5.54. The highest BCUT2D eigenvalue weighted by molar-refractivity contribution is 5.95. The number of urea groups is 1. The largest absolute Gasteiger partial charge is 0.449 e. The maximum Gasteiger partial charge on any atom is 0.320 e. The van der Waals surface area contributed by atoms with Crippen LogP contribution in [-0.4, -0.2) is 59.4 Å². The smallest absolute Gasteiger partial charge is 0.320 e. The Morgan fingerprint density at radius 2 is 1.96 bits per heavy atom. The Kier molecular flexibility index (Phi) is 4.02. The topological polar surface area (TPSA) is 78.7 Å². The van der Waals surface area contributed by atoms with Crippen LogP contribution in [0, 0.1) is 17.8 Å². The van der Waals surface area contributed by atoms with Crippen LogP contribution in [0.1, 0.15) is 29.8 Å². The molecule has 1 saturated carbocycles. The Hall–Kier alpha value is -2.57. The minimum Gasteiger partial charge on any atom is -0.449 e. The molecule has 2 aliphatic heterocycles. The van der Waals surface area contributed by atoms with Gasteiger partial charge in [-0.25, -0.2) is 4.79 Å². The molecule has 3 aliphatic rings. The summed E-state index contributed by atoms with van der Waals surface area (Å²) in [5, 5.41) is 3.84. The second-order valence-electron chi connectivity index (χ2n) is 7.94. The van der Waals surface area contributed by atoms with E-state index in [2.05, 4.69) is 10.3 Å². The first-order valence-corrected chi connectivity index (χ1v) is 9.86. The van der Waals surface area contributed by atoms with Gasteiger partial charge in [-0.15, -0.1) is 0 Å². The van der Waals surface area contributed by atoms with Crippen LogP contribution in [0.5, 0.6) is 0 Å². The van der Waals surface area contributed by atoms with Crippen molar-refractivity contribution in [3.63, 3.8) is 0 Å². The Labute approximate surface area is 157 Å². The zero-order valence-electron chi connectivity index (χ0n) is 15.3. The highest BCUT2D eigenvalue weighted by atomic mass is 16.3. The predicted molar refractivity (Wildman–Crippen MR) is 99.2 cm³/mol. The van der Waals surface area contributed by atoms with Gasteiger partial charge in [0.1, 0.15) is 0 Å². The van der Waals surface area contributed by atoms with Crippen LogP contribution in [0.2, 0.25) is 0 Å². The fourth-order valence-corrected chi connectivity index (χ4v) is 4.78.